The first-order chi connectivity index (χ1) is 5.43. The van der Waals surface area contributed by atoms with Crippen LogP contribution in [0.2, 0.25) is 0 Å². The minimum absolute atomic E-state index is 0.948. The topological polar surface area (TPSA) is 9.23 Å². The van der Waals surface area contributed by atoms with E-state index in [-0.39, 0.29) is 0 Å². The van der Waals surface area contributed by atoms with E-state index in [2.05, 4.69) is 0 Å². The van der Waals surface area contributed by atoms with E-state index in [0.717, 1.165) is 12.5 Å². The summed E-state index contributed by atoms with van der Waals surface area (Å²) in [5.74, 6) is 1.12. The summed E-state index contributed by atoms with van der Waals surface area (Å²) in [4.78, 5) is 0. The molecule has 1 nitrogen and oxygen atoms in total. The van der Waals surface area contributed by atoms with E-state index >= 15 is 0 Å². The molecule has 0 aromatic carbocycles. The number of methoxy groups -OCH3 is 1. The Labute approximate surface area is 70.1 Å². The van der Waals surface area contributed by atoms with Gasteiger partial charge in [-0.2, -0.15) is 0 Å². The van der Waals surface area contributed by atoms with E-state index in [1.54, 1.807) is 7.11 Å². The van der Waals surface area contributed by atoms with Gasteiger partial charge in [0, 0.05) is 13.7 Å². The highest BCUT2D eigenvalue weighted by molar-refractivity contribution is 4.72. The predicted octanol–water partition coefficient (Wildman–Crippen LogP) is 2.99. The largest absolute Gasteiger partial charge is 0.385 e. The maximum atomic E-state index is 4.98. The van der Waals surface area contributed by atoms with Gasteiger partial charge in [0.25, 0.3) is 0 Å². The van der Waals surface area contributed by atoms with E-state index in [1.807, 2.05) is 0 Å². The van der Waals surface area contributed by atoms with Gasteiger partial charge in [-0.05, 0) is 12.3 Å². The van der Waals surface area contributed by atoms with Crippen LogP contribution in [0, 0.1) is 5.92 Å². The summed E-state index contributed by atoms with van der Waals surface area (Å²) in [5.41, 5.74) is 0. The van der Waals surface area contributed by atoms with Crippen LogP contribution in [0.1, 0.15) is 44.9 Å². The van der Waals surface area contributed by atoms with Crippen molar-refractivity contribution in [1.29, 1.82) is 0 Å². The first kappa shape index (κ1) is 9.05. The Morgan fingerprint density at radius 2 is 1.82 bits per heavy atom. The lowest BCUT2D eigenvalue weighted by molar-refractivity contribution is 0.192. The molecule has 11 heavy (non-hydrogen) atoms. The Hall–Kier alpha value is -0.0400. The highest BCUT2D eigenvalue weighted by Gasteiger charge is 2.19. The van der Waals surface area contributed by atoms with Gasteiger partial charge in [0.1, 0.15) is 0 Å². The van der Waals surface area contributed by atoms with Gasteiger partial charge in [-0.3, -0.25) is 0 Å². The molecule has 0 amide bonds. The third-order valence-corrected chi connectivity index (χ3v) is 2.41. The minimum atomic E-state index is 0.948. The van der Waals surface area contributed by atoms with Crippen LogP contribution in [-0.2, 0) is 4.74 Å². The summed E-state index contributed by atoms with van der Waals surface area (Å²) in [6, 6.07) is 0. The first-order valence-electron chi connectivity index (χ1n) is 4.92. The van der Waals surface area contributed by atoms with Crippen LogP contribution < -0.4 is 0 Å². The van der Waals surface area contributed by atoms with Crippen molar-refractivity contribution in [2.24, 2.45) is 5.92 Å². The molecule has 1 rings (SSSR count). The molecule has 0 radical (unpaired) electrons. The number of hydrogen-bond donors (Lipinski definition) is 0. The average molecular weight is 156 g/mol. The molecular formula is C10H20O. The summed E-state index contributed by atoms with van der Waals surface area (Å²) in [5, 5.41) is 0. The molecule has 0 saturated heterocycles. The summed E-state index contributed by atoms with van der Waals surface area (Å²) in [6.45, 7) is 0.948. The van der Waals surface area contributed by atoms with E-state index in [9.17, 15) is 0 Å². The van der Waals surface area contributed by atoms with Crippen molar-refractivity contribution in [3.63, 3.8) is 0 Å². The molecule has 1 saturated carbocycles. The maximum Gasteiger partial charge on any atom is 0.0462 e. The predicted molar refractivity (Wildman–Crippen MR) is 47.7 cm³/mol. The van der Waals surface area contributed by atoms with Crippen LogP contribution in [0.5, 0.6) is 0 Å². The van der Waals surface area contributed by atoms with Crippen molar-refractivity contribution < 1.29 is 4.74 Å². The Balaban J connectivity index is 1.66. The molecular weight excluding hydrogens is 136 g/mol. The van der Waals surface area contributed by atoms with Crippen LogP contribution in [0.3, 0.4) is 0 Å². The molecule has 0 aliphatic heterocycles. The van der Waals surface area contributed by atoms with Gasteiger partial charge in [0.2, 0.25) is 0 Å². The van der Waals surface area contributed by atoms with Crippen molar-refractivity contribution in [3.8, 4) is 0 Å². The van der Waals surface area contributed by atoms with Gasteiger partial charge in [0.15, 0.2) is 0 Å². The van der Waals surface area contributed by atoms with Gasteiger partial charge < -0.3 is 4.74 Å². The molecule has 0 unspecified atom stereocenters. The molecule has 66 valence electrons. The molecule has 1 aliphatic carbocycles. The summed E-state index contributed by atoms with van der Waals surface area (Å²) in [7, 11) is 1.78. The zero-order valence-electron chi connectivity index (χ0n) is 7.64. The number of unbranched alkanes of at least 4 members (excludes halogenated alkanes) is 3. The quantitative estimate of drug-likeness (QED) is 0.515. The second kappa shape index (κ2) is 5.59. The van der Waals surface area contributed by atoms with Gasteiger partial charge >= 0.3 is 0 Å². The Kier molecular flexibility index (Phi) is 4.60. The number of hydrogen-bond acceptors (Lipinski definition) is 1. The number of ether oxygens (including phenoxy) is 1. The first-order valence-corrected chi connectivity index (χ1v) is 4.92. The normalized spacial score (nSPS) is 17.2. The minimum Gasteiger partial charge on any atom is -0.385 e. The molecule has 0 bridgehead atoms. The molecule has 0 aromatic heterocycles. The molecule has 1 aliphatic rings. The maximum absolute atomic E-state index is 4.98. The average Bonchev–Trinajstić information content (AvgIpc) is 2.80. The van der Waals surface area contributed by atoms with Crippen LogP contribution in [-0.4, -0.2) is 13.7 Å². The Bertz CT molecular complexity index is 86.9. The van der Waals surface area contributed by atoms with E-state index < -0.39 is 0 Å². The summed E-state index contributed by atoms with van der Waals surface area (Å²) < 4.78 is 4.98. The van der Waals surface area contributed by atoms with Crippen molar-refractivity contribution in [3.05, 3.63) is 0 Å². The molecule has 0 N–H and O–H groups in total. The van der Waals surface area contributed by atoms with Gasteiger partial charge in [-0.25, -0.2) is 0 Å². The van der Waals surface area contributed by atoms with Gasteiger partial charge in [0.05, 0.1) is 0 Å². The molecule has 0 atom stereocenters. The second-order valence-electron chi connectivity index (χ2n) is 3.64. The highest BCUT2D eigenvalue weighted by atomic mass is 16.5. The summed E-state index contributed by atoms with van der Waals surface area (Å²) >= 11 is 0. The monoisotopic (exact) mass is 156 g/mol. The smallest absolute Gasteiger partial charge is 0.0462 e. The fourth-order valence-electron chi connectivity index (χ4n) is 1.44. The van der Waals surface area contributed by atoms with E-state index in [0.29, 0.717) is 0 Å². The van der Waals surface area contributed by atoms with Gasteiger partial charge in [-0.1, -0.05) is 38.5 Å². The second-order valence-corrected chi connectivity index (χ2v) is 3.64. The lowest BCUT2D eigenvalue weighted by atomic mass is 10.1. The lowest BCUT2D eigenvalue weighted by Gasteiger charge is -1.99. The van der Waals surface area contributed by atoms with Crippen molar-refractivity contribution in [2.75, 3.05) is 13.7 Å². The van der Waals surface area contributed by atoms with Crippen molar-refractivity contribution in [2.45, 2.75) is 44.9 Å². The fraction of sp³-hybridized carbons (Fsp3) is 1.00. The van der Waals surface area contributed by atoms with Crippen molar-refractivity contribution in [1.82, 2.24) is 0 Å². The third-order valence-electron chi connectivity index (χ3n) is 2.41. The lowest BCUT2D eigenvalue weighted by Crippen LogP contribution is -1.88. The van der Waals surface area contributed by atoms with E-state index in [4.69, 9.17) is 4.74 Å². The number of rotatable bonds is 7. The molecule has 0 heterocycles. The van der Waals surface area contributed by atoms with Crippen LogP contribution in [0.15, 0.2) is 0 Å². The fourth-order valence-corrected chi connectivity index (χ4v) is 1.44. The van der Waals surface area contributed by atoms with Crippen molar-refractivity contribution >= 4 is 0 Å². The highest BCUT2D eigenvalue weighted by Crippen LogP contribution is 2.34. The molecule has 1 fully saturated rings. The molecule has 0 spiro atoms. The van der Waals surface area contributed by atoms with Crippen LogP contribution in [0.4, 0.5) is 0 Å². The zero-order valence-corrected chi connectivity index (χ0v) is 7.64. The summed E-state index contributed by atoms with van der Waals surface area (Å²) in [6.07, 6.45) is 10.00. The SMILES string of the molecule is COCCCCCCC1CC1. The zero-order chi connectivity index (χ0) is 7.94. The molecule has 0 aromatic rings. The Morgan fingerprint density at radius 3 is 2.45 bits per heavy atom. The molecule has 1 heteroatoms. The standard InChI is InChI=1S/C10H20O/c1-11-9-5-3-2-4-6-10-7-8-10/h10H,2-9H2,1H3. The van der Waals surface area contributed by atoms with Crippen LogP contribution in [0.25, 0.3) is 0 Å². The Morgan fingerprint density at radius 1 is 1.09 bits per heavy atom. The van der Waals surface area contributed by atoms with Gasteiger partial charge in [-0.15, -0.1) is 0 Å². The third kappa shape index (κ3) is 5.25. The van der Waals surface area contributed by atoms with Crippen LogP contribution >= 0.6 is 0 Å². The van der Waals surface area contributed by atoms with E-state index in [1.165, 1.54) is 44.9 Å².